The Morgan fingerprint density at radius 3 is 2.56 bits per heavy atom. The molecule has 1 heterocycles. The molecule has 1 fully saturated rings. The fourth-order valence-corrected chi connectivity index (χ4v) is 2.82. The molecule has 0 radical (unpaired) electrons. The lowest BCUT2D eigenvalue weighted by Crippen LogP contribution is -2.31. The second-order valence-corrected chi connectivity index (χ2v) is 6.19. The number of non-ortho nitro benzene ring substituents is 1. The number of amides is 2. The Balaban J connectivity index is 1.64. The molecule has 8 heteroatoms. The number of nitro benzene ring substituents is 1. The Morgan fingerprint density at radius 1 is 1.11 bits per heavy atom. The molecule has 3 rings (SSSR count). The van der Waals surface area contributed by atoms with Crippen molar-refractivity contribution in [1.29, 1.82) is 0 Å². The summed E-state index contributed by atoms with van der Waals surface area (Å²) in [5.74, 6) is -0.743. The third kappa shape index (κ3) is 4.89. The van der Waals surface area contributed by atoms with E-state index in [1.807, 2.05) is 0 Å². The van der Waals surface area contributed by atoms with Crippen molar-refractivity contribution in [3.05, 3.63) is 69.8 Å². The number of rotatable bonds is 6. The molecule has 8 nitrogen and oxygen atoms in total. The van der Waals surface area contributed by atoms with Gasteiger partial charge in [0.15, 0.2) is 0 Å². The molecule has 27 heavy (non-hydrogen) atoms. The van der Waals surface area contributed by atoms with Crippen molar-refractivity contribution < 1.29 is 19.2 Å². The van der Waals surface area contributed by atoms with Crippen molar-refractivity contribution in [3.8, 4) is 0 Å². The first kappa shape index (κ1) is 18.5. The van der Waals surface area contributed by atoms with Crippen molar-refractivity contribution in [2.45, 2.75) is 18.9 Å². The first-order valence-corrected chi connectivity index (χ1v) is 8.58. The van der Waals surface area contributed by atoms with Gasteiger partial charge < -0.3 is 15.4 Å². The summed E-state index contributed by atoms with van der Waals surface area (Å²) >= 11 is 0. The molecule has 2 aromatic rings. The Labute approximate surface area is 155 Å². The van der Waals surface area contributed by atoms with Crippen LogP contribution in [-0.2, 0) is 4.74 Å². The predicted octanol–water partition coefficient (Wildman–Crippen LogP) is 2.76. The molecule has 0 saturated carbocycles. The van der Waals surface area contributed by atoms with Gasteiger partial charge in [-0.2, -0.15) is 0 Å². The van der Waals surface area contributed by atoms with Crippen LogP contribution in [0.4, 0.5) is 11.4 Å². The minimum absolute atomic E-state index is 0.0470. The van der Waals surface area contributed by atoms with Crippen molar-refractivity contribution >= 4 is 23.2 Å². The lowest BCUT2D eigenvalue weighted by atomic mass is 10.1. The molecular weight excluding hydrogens is 350 g/mol. The van der Waals surface area contributed by atoms with Crippen LogP contribution in [0.25, 0.3) is 0 Å². The Morgan fingerprint density at radius 2 is 1.85 bits per heavy atom. The average molecular weight is 369 g/mol. The van der Waals surface area contributed by atoms with E-state index in [2.05, 4.69) is 10.6 Å². The fraction of sp³-hybridized carbons (Fsp3) is 0.263. The largest absolute Gasteiger partial charge is 0.376 e. The van der Waals surface area contributed by atoms with Crippen molar-refractivity contribution in [3.63, 3.8) is 0 Å². The van der Waals surface area contributed by atoms with E-state index in [0.717, 1.165) is 19.4 Å². The van der Waals surface area contributed by atoms with Gasteiger partial charge in [0.1, 0.15) is 0 Å². The molecule has 1 aliphatic heterocycles. The summed E-state index contributed by atoms with van der Waals surface area (Å²) in [6.45, 7) is 1.17. The maximum absolute atomic E-state index is 12.3. The van der Waals surface area contributed by atoms with Gasteiger partial charge >= 0.3 is 0 Å². The standard InChI is InChI=1S/C19H19N3O5/c23-18(20-12-17-8-3-9-27-17)13-4-1-6-15(10-13)21-19(24)14-5-2-7-16(11-14)22(25)26/h1-2,4-7,10-11,17H,3,8-9,12H2,(H,20,23)(H,21,24). The summed E-state index contributed by atoms with van der Waals surface area (Å²) in [5, 5.41) is 16.3. The highest BCUT2D eigenvalue weighted by molar-refractivity contribution is 6.05. The van der Waals surface area contributed by atoms with Crippen LogP contribution in [0, 0.1) is 10.1 Å². The van der Waals surface area contributed by atoms with Gasteiger partial charge in [0.2, 0.25) is 0 Å². The minimum Gasteiger partial charge on any atom is -0.376 e. The third-order valence-electron chi connectivity index (χ3n) is 4.22. The molecule has 1 aliphatic rings. The van der Waals surface area contributed by atoms with Crippen LogP contribution < -0.4 is 10.6 Å². The topological polar surface area (TPSA) is 111 Å². The zero-order valence-corrected chi connectivity index (χ0v) is 14.5. The summed E-state index contributed by atoms with van der Waals surface area (Å²) in [6, 6.07) is 12.0. The summed E-state index contributed by atoms with van der Waals surface area (Å²) in [4.78, 5) is 34.9. The molecular formula is C19H19N3O5. The number of carbonyl (C=O) groups excluding carboxylic acids is 2. The Kier molecular flexibility index (Phi) is 5.77. The van der Waals surface area contributed by atoms with E-state index in [4.69, 9.17) is 4.74 Å². The summed E-state index contributed by atoms with van der Waals surface area (Å²) in [5.41, 5.74) is 0.837. The number of nitrogens with one attached hydrogen (secondary N) is 2. The molecule has 140 valence electrons. The highest BCUT2D eigenvalue weighted by Gasteiger charge is 2.17. The van der Waals surface area contributed by atoms with Crippen LogP contribution in [0.1, 0.15) is 33.6 Å². The van der Waals surface area contributed by atoms with Crippen LogP contribution in [0.3, 0.4) is 0 Å². The molecule has 0 bridgehead atoms. The number of anilines is 1. The zero-order chi connectivity index (χ0) is 19.2. The maximum Gasteiger partial charge on any atom is 0.270 e. The Bertz CT molecular complexity index is 862. The van der Waals surface area contributed by atoms with Gasteiger partial charge in [-0.1, -0.05) is 12.1 Å². The summed E-state index contributed by atoms with van der Waals surface area (Å²) in [7, 11) is 0. The van der Waals surface area contributed by atoms with E-state index >= 15 is 0 Å². The van der Waals surface area contributed by atoms with Gasteiger partial charge in [-0.25, -0.2) is 0 Å². The highest BCUT2D eigenvalue weighted by Crippen LogP contribution is 2.16. The average Bonchev–Trinajstić information content (AvgIpc) is 3.20. The molecule has 2 aromatic carbocycles. The SMILES string of the molecule is O=C(NCC1CCCO1)c1cccc(NC(=O)c2cccc([N+](=O)[O-])c2)c1. The number of carbonyl (C=O) groups is 2. The van der Waals surface area contributed by atoms with E-state index in [9.17, 15) is 19.7 Å². The van der Waals surface area contributed by atoms with Gasteiger partial charge in [0.05, 0.1) is 11.0 Å². The third-order valence-corrected chi connectivity index (χ3v) is 4.22. The molecule has 0 aromatic heterocycles. The van der Waals surface area contributed by atoms with E-state index in [-0.39, 0.29) is 23.3 Å². The fourth-order valence-electron chi connectivity index (χ4n) is 2.82. The Hall–Kier alpha value is -3.26. The highest BCUT2D eigenvalue weighted by atomic mass is 16.6. The number of hydrogen-bond acceptors (Lipinski definition) is 5. The minimum atomic E-state index is -0.560. The van der Waals surface area contributed by atoms with Crippen molar-refractivity contribution in [2.75, 3.05) is 18.5 Å². The number of ether oxygens (including phenoxy) is 1. The van der Waals surface area contributed by atoms with E-state index < -0.39 is 10.8 Å². The molecule has 0 aliphatic carbocycles. The van der Waals surface area contributed by atoms with Gasteiger partial charge in [0.25, 0.3) is 17.5 Å². The van der Waals surface area contributed by atoms with Crippen LogP contribution in [-0.4, -0.2) is 36.0 Å². The number of benzene rings is 2. The summed E-state index contributed by atoms with van der Waals surface area (Å²) < 4.78 is 5.47. The predicted molar refractivity (Wildman–Crippen MR) is 98.8 cm³/mol. The second kappa shape index (κ2) is 8.41. The van der Waals surface area contributed by atoms with Gasteiger partial charge in [0, 0.05) is 42.1 Å². The number of nitro groups is 1. The number of nitrogens with zero attached hydrogens (tertiary/aromatic N) is 1. The molecule has 1 atom stereocenters. The van der Waals surface area contributed by atoms with E-state index in [1.165, 1.54) is 24.3 Å². The molecule has 1 saturated heterocycles. The quantitative estimate of drug-likeness (QED) is 0.601. The van der Waals surface area contributed by atoms with E-state index in [1.54, 1.807) is 24.3 Å². The van der Waals surface area contributed by atoms with Gasteiger partial charge in [-0.15, -0.1) is 0 Å². The molecule has 2 amide bonds. The monoisotopic (exact) mass is 369 g/mol. The molecule has 2 N–H and O–H groups in total. The second-order valence-electron chi connectivity index (χ2n) is 6.19. The first-order valence-electron chi connectivity index (χ1n) is 8.58. The van der Waals surface area contributed by atoms with Gasteiger partial charge in [-0.05, 0) is 37.1 Å². The van der Waals surface area contributed by atoms with Crippen LogP contribution in [0.5, 0.6) is 0 Å². The zero-order valence-electron chi connectivity index (χ0n) is 14.5. The van der Waals surface area contributed by atoms with Crippen LogP contribution in [0.2, 0.25) is 0 Å². The van der Waals surface area contributed by atoms with Gasteiger partial charge in [-0.3, -0.25) is 19.7 Å². The summed E-state index contributed by atoms with van der Waals surface area (Å²) in [6.07, 6.45) is 1.98. The van der Waals surface area contributed by atoms with E-state index in [0.29, 0.717) is 17.8 Å². The van der Waals surface area contributed by atoms with Crippen LogP contribution >= 0.6 is 0 Å². The lowest BCUT2D eigenvalue weighted by Gasteiger charge is -2.11. The maximum atomic E-state index is 12.3. The van der Waals surface area contributed by atoms with Crippen LogP contribution in [0.15, 0.2) is 48.5 Å². The number of hydrogen-bond donors (Lipinski definition) is 2. The molecule has 1 unspecified atom stereocenters. The molecule has 0 spiro atoms. The van der Waals surface area contributed by atoms with Crippen molar-refractivity contribution in [1.82, 2.24) is 5.32 Å². The lowest BCUT2D eigenvalue weighted by molar-refractivity contribution is -0.384. The first-order chi connectivity index (χ1) is 13.0. The van der Waals surface area contributed by atoms with Crippen molar-refractivity contribution in [2.24, 2.45) is 0 Å². The normalized spacial score (nSPS) is 15.9. The smallest absolute Gasteiger partial charge is 0.270 e.